The summed E-state index contributed by atoms with van der Waals surface area (Å²) in [7, 11) is -1.44. The minimum Gasteiger partial charge on any atom is -0.460 e. The normalized spacial score (nSPS) is 16.1. The van der Waals surface area contributed by atoms with E-state index >= 15 is 0 Å². The summed E-state index contributed by atoms with van der Waals surface area (Å²) in [4.78, 5) is 19.0. The first-order valence-electron chi connectivity index (χ1n) is 11.3. The van der Waals surface area contributed by atoms with Crippen molar-refractivity contribution in [3.8, 4) is 11.5 Å². The van der Waals surface area contributed by atoms with Gasteiger partial charge in [-0.3, -0.25) is 14.7 Å². The molecule has 166 valence electrons. The lowest BCUT2D eigenvalue weighted by Gasteiger charge is -2.32. The Bertz CT molecular complexity index is 984. The summed E-state index contributed by atoms with van der Waals surface area (Å²) in [5.41, 5.74) is 5.40. The van der Waals surface area contributed by atoms with Crippen LogP contribution < -0.4 is 0 Å². The first-order valence-corrected chi connectivity index (χ1v) is 14.8. The van der Waals surface area contributed by atoms with Gasteiger partial charge in [0.15, 0.2) is 0 Å². The van der Waals surface area contributed by atoms with Crippen molar-refractivity contribution in [1.82, 2.24) is 9.88 Å². The van der Waals surface area contributed by atoms with Crippen LogP contribution in [0.1, 0.15) is 51.2 Å². The molecule has 5 heteroatoms. The molecule has 31 heavy (non-hydrogen) atoms. The van der Waals surface area contributed by atoms with Crippen LogP contribution in [0.15, 0.2) is 30.6 Å². The number of rotatable bonds is 4. The van der Waals surface area contributed by atoms with Gasteiger partial charge in [-0.05, 0) is 64.3 Å². The standard InChI is InChI=1S/C26H36N2O2Si/c1-26(2,3)30-25(29)16-20-9-12-28(13-10-20)19-21-7-8-22-17-27-18-23(24(22)15-21)11-14-31(4,5)6/h7-8,15,17-18,20H,9-10,12-13,16,19H2,1-6H3. The van der Waals surface area contributed by atoms with Crippen LogP contribution in [-0.4, -0.2) is 42.6 Å². The first-order chi connectivity index (χ1) is 14.5. The zero-order valence-corrected chi connectivity index (χ0v) is 20.9. The van der Waals surface area contributed by atoms with Crippen LogP contribution in [0.3, 0.4) is 0 Å². The van der Waals surface area contributed by atoms with Gasteiger partial charge >= 0.3 is 5.97 Å². The van der Waals surface area contributed by atoms with Crippen LogP contribution in [0, 0.1) is 17.4 Å². The molecule has 0 unspecified atom stereocenters. The predicted molar refractivity (Wildman–Crippen MR) is 130 cm³/mol. The largest absolute Gasteiger partial charge is 0.460 e. The number of fused-ring (bicyclic) bond motifs is 1. The molecule has 1 aliphatic heterocycles. The molecule has 1 saturated heterocycles. The molecule has 0 N–H and O–H groups in total. The number of nitrogens with zero attached hydrogens (tertiary/aromatic N) is 2. The molecule has 1 aliphatic rings. The fourth-order valence-corrected chi connectivity index (χ4v) is 4.40. The summed E-state index contributed by atoms with van der Waals surface area (Å²) < 4.78 is 5.49. The molecular weight excluding hydrogens is 400 g/mol. The number of carbonyl (C=O) groups excluding carboxylic acids is 1. The molecule has 0 radical (unpaired) electrons. The van der Waals surface area contributed by atoms with Crippen LogP contribution in [0.25, 0.3) is 10.8 Å². The van der Waals surface area contributed by atoms with Crippen LogP contribution in [-0.2, 0) is 16.1 Å². The molecule has 4 nitrogen and oxygen atoms in total. The second-order valence-corrected chi connectivity index (χ2v) is 15.5. The third kappa shape index (κ3) is 7.48. The van der Waals surface area contributed by atoms with Gasteiger partial charge < -0.3 is 4.74 Å². The Balaban J connectivity index is 1.63. The summed E-state index contributed by atoms with van der Waals surface area (Å²) in [6, 6.07) is 6.64. The Morgan fingerprint density at radius 2 is 1.90 bits per heavy atom. The number of pyridine rings is 1. The SMILES string of the molecule is CC(C)(C)OC(=O)CC1CCN(Cc2ccc3cncc(C#C[Si](C)(C)C)c3c2)CC1. The summed E-state index contributed by atoms with van der Waals surface area (Å²) in [6.07, 6.45) is 6.43. The minimum absolute atomic E-state index is 0.0685. The van der Waals surface area contributed by atoms with Crippen molar-refractivity contribution in [3.05, 3.63) is 41.7 Å². The van der Waals surface area contributed by atoms with Crippen molar-refractivity contribution >= 4 is 24.8 Å². The highest BCUT2D eigenvalue weighted by molar-refractivity contribution is 6.83. The van der Waals surface area contributed by atoms with Gasteiger partial charge in [0.25, 0.3) is 0 Å². The van der Waals surface area contributed by atoms with Crippen molar-refractivity contribution in [1.29, 1.82) is 0 Å². The van der Waals surface area contributed by atoms with Crippen molar-refractivity contribution in [2.45, 2.75) is 71.8 Å². The first kappa shape index (κ1) is 23.5. The quantitative estimate of drug-likeness (QED) is 0.365. The van der Waals surface area contributed by atoms with E-state index in [2.05, 4.69) is 59.2 Å². The second kappa shape index (κ2) is 9.54. The summed E-state index contributed by atoms with van der Waals surface area (Å²) in [5.74, 6) is 3.75. The molecule has 1 fully saturated rings. The van der Waals surface area contributed by atoms with Gasteiger partial charge in [-0.25, -0.2) is 0 Å². The summed E-state index contributed by atoms with van der Waals surface area (Å²) in [5, 5.41) is 2.33. The van der Waals surface area contributed by atoms with Gasteiger partial charge in [0.2, 0.25) is 0 Å². The Morgan fingerprint density at radius 1 is 1.19 bits per heavy atom. The lowest BCUT2D eigenvalue weighted by molar-refractivity contribution is -0.156. The summed E-state index contributed by atoms with van der Waals surface area (Å²) in [6.45, 7) is 15.5. The molecule has 0 atom stereocenters. The maximum Gasteiger partial charge on any atom is 0.306 e. The number of hydrogen-bond acceptors (Lipinski definition) is 4. The van der Waals surface area contributed by atoms with Gasteiger partial charge in [0.1, 0.15) is 13.7 Å². The van der Waals surface area contributed by atoms with Crippen LogP contribution in [0.2, 0.25) is 19.6 Å². The number of benzene rings is 1. The van der Waals surface area contributed by atoms with E-state index in [-0.39, 0.29) is 5.97 Å². The van der Waals surface area contributed by atoms with E-state index < -0.39 is 13.7 Å². The van der Waals surface area contributed by atoms with Crippen molar-refractivity contribution in [2.75, 3.05) is 13.1 Å². The lowest BCUT2D eigenvalue weighted by Crippen LogP contribution is -2.34. The van der Waals surface area contributed by atoms with Gasteiger partial charge in [0.05, 0.1) is 5.56 Å². The maximum atomic E-state index is 12.1. The number of carbonyl (C=O) groups is 1. The highest BCUT2D eigenvalue weighted by Gasteiger charge is 2.24. The van der Waals surface area contributed by atoms with Gasteiger partial charge in [0, 0.05) is 36.1 Å². The highest BCUT2D eigenvalue weighted by Crippen LogP contribution is 2.25. The molecule has 0 bridgehead atoms. The second-order valence-electron chi connectivity index (χ2n) is 10.8. The van der Waals surface area contributed by atoms with E-state index in [0.29, 0.717) is 12.3 Å². The Labute approximate surface area is 188 Å². The molecule has 0 aliphatic carbocycles. The molecule has 0 spiro atoms. The average molecular weight is 437 g/mol. The van der Waals surface area contributed by atoms with Crippen molar-refractivity contribution in [3.63, 3.8) is 0 Å². The Hall–Kier alpha value is -2.16. The van der Waals surface area contributed by atoms with E-state index in [0.717, 1.165) is 43.4 Å². The van der Waals surface area contributed by atoms with Crippen LogP contribution in [0.5, 0.6) is 0 Å². The van der Waals surface area contributed by atoms with Gasteiger partial charge in [-0.15, -0.1) is 5.54 Å². The molecule has 3 rings (SSSR count). The van der Waals surface area contributed by atoms with E-state index in [1.54, 1.807) is 0 Å². The monoisotopic (exact) mass is 436 g/mol. The van der Waals surface area contributed by atoms with E-state index in [1.807, 2.05) is 33.2 Å². The highest BCUT2D eigenvalue weighted by atomic mass is 28.3. The fourth-order valence-electron chi connectivity index (χ4n) is 3.89. The number of esters is 1. The third-order valence-corrected chi connectivity index (χ3v) is 6.26. The molecule has 1 aromatic carbocycles. The van der Waals surface area contributed by atoms with Crippen molar-refractivity contribution < 1.29 is 9.53 Å². The lowest BCUT2D eigenvalue weighted by atomic mass is 9.93. The molecule has 2 aromatic rings. The number of likely N-dealkylation sites (tertiary alicyclic amines) is 1. The smallest absolute Gasteiger partial charge is 0.306 e. The molecule has 2 heterocycles. The fraction of sp³-hybridized carbons (Fsp3) is 0.538. The third-order valence-electron chi connectivity index (χ3n) is 5.39. The number of aromatic nitrogens is 1. The van der Waals surface area contributed by atoms with E-state index in [1.165, 1.54) is 10.9 Å². The number of ether oxygens (including phenoxy) is 1. The zero-order chi connectivity index (χ0) is 22.6. The molecular formula is C26H36N2O2Si. The van der Waals surface area contributed by atoms with Crippen molar-refractivity contribution in [2.24, 2.45) is 5.92 Å². The molecule has 1 aromatic heterocycles. The van der Waals surface area contributed by atoms with E-state index in [4.69, 9.17) is 4.74 Å². The Kier molecular flexibility index (Phi) is 7.23. The summed E-state index contributed by atoms with van der Waals surface area (Å²) >= 11 is 0. The molecule has 0 saturated carbocycles. The molecule has 0 amide bonds. The minimum atomic E-state index is -1.44. The Morgan fingerprint density at radius 3 is 2.55 bits per heavy atom. The van der Waals surface area contributed by atoms with Crippen LogP contribution in [0.4, 0.5) is 0 Å². The topological polar surface area (TPSA) is 42.4 Å². The predicted octanol–water partition coefficient (Wildman–Crippen LogP) is 5.41. The van der Waals surface area contributed by atoms with Crippen LogP contribution >= 0.6 is 0 Å². The van der Waals surface area contributed by atoms with Gasteiger partial charge in [-0.1, -0.05) is 37.7 Å². The average Bonchev–Trinajstić information content (AvgIpc) is 2.66. The zero-order valence-electron chi connectivity index (χ0n) is 19.9. The maximum absolute atomic E-state index is 12.1. The van der Waals surface area contributed by atoms with E-state index in [9.17, 15) is 4.79 Å². The number of piperidine rings is 1. The number of hydrogen-bond donors (Lipinski definition) is 0. The van der Waals surface area contributed by atoms with Gasteiger partial charge in [-0.2, -0.15) is 0 Å².